The van der Waals surface area contributed by atoms with Gasteiger partial charge in [0.25, 0.3) is 5.91 Å². The molecule has 0 bridgehead atoms. The lowest BCUT2D eigenvalue weighted by molar-refractivity contribution is -0.145. The van der Waals surface area contributed by atoms with E-state index in [1.54, 1.807) is 19.2 Å². The molecule has 7 heteroatoms. The van der Waals surface area contributed by atoms with Gasteiger partial charge < -0.3 is 24.2 Å². The minimum atomic E-state index is -0.775. The van der Waals surface area contributed by atoms with Gasteiger partial charge in [0.15, 0.2) is 0 Å². The van der Waals surface area contributed by atoms with Crippen molar-refractivity contribution in [3.8, 4) is 5.75 Å². The second-order valence-corrected chi connectivity index (χ2v) is 7.42. The van der Waals surface area contributed by atoms with Crippen LogP contribution in [-0.2, 0) is 14.3 Å². The third-order valence-corrected chi connectivity index (χ3v) is 5.59. The summed E-state index contributed by atoms with van der Waals surface area (Å²) in [7, 11) is 1.66. The zero-order valence-corrected chi connectivity index (χ0v) is 16.3. The summed E-state index contributed by atoms with van der Waals surface area (Å²) in [5.41, 5.74) is 0.614. The molecular formula is C21H29NO6. The minimum Gasteiger partial charge on any atom is -0.493 e. The monoisotopic (exact) mass is 391 g/mol. The molecule has 2 saturated heterocycles. The molecule has 0 radical (unpaired) electrons. The maximum absolute atomic E-state index is 12.9. The summed E-state index contributed by atoms with van der Waals surface area (Å²) in [6.07, 6.45) is 2.69. The van der Waals surface area contributed by atoms with Crippen LogP contribution < -0.4 is 4.74 Å². The standard InChI is InChI=1S/C21H29NO6/c1-26-11-3-12-27-17-5-2-4-16(14-17)20(23)22-9-6-15(7-10-22)19-18(21(24)25)8-13-28-19/h2,4-5,14-15,18-19H,3,6-13H2,1H3,(H,24,25)/t18?,19-/m0/s1. The van der Waals surface area contributed by atoms with E-state index in [1.807, 2.05) is 17.0 Å². The minimum absolute atomic E-state index is 0.0112. The van der Waals surface area contributed by atoms with E-state index < -0.39 is 11.9 Å². The van der Waals surface area contributed by atoms with Gasteiger partial charge in [-0.1, -0.05) is 6.07 Å². The van der Waals surface area contributed by atoms with E-state index in [0.717, 1.165) is 19.3 Å². The Morgan fingerprint density at radius 3 is 2.71 bits per heavy atom. The van der Waals surface area contributed by atoms with Crippen LogP contribution >= 0.6 is 0 Å². The van der Waals surface area contributed by atoms with Gasteiger partial charge in [-0.2, -0.15) is 0 Å². The quantitative estimate of drug-likeness (QED) is 0.685. The molecule has 1 aromatic rings. The molecule has 1 unspecified atom stereocenters. The molecule has 2 aliphatic heterocycles. The normalized spacial score (nSPS) is 23.0. The van der Waals surface area contributed by atoms with Crippen molar-refractivity contribution in [2.24, 2.45) is 11.8 Å². The largest absolute Gasteiger partial charge is 0.493 e. The number of carboxylic acids is 1. The van der Waals surface area contributed by atoms with E-state index in [2.05, 4.69) is 0 Å². The molecule has 28 heavy (non-hydrogen) atoms. The second-order valence-electron chi connectivity index (χ2n) is 7.42. The van der Waals surface area contributed by atoms with Gasteiger partial charge in [0.1, 0.15) is 5.75 Å². The second kappa shape index (κ2) is 9.89. The summed E-state index contributed by atoms with van der Waals surface area (Å²) in [5.74, 6) is -0.325. The number of amides is 1. The molecule has 2 aliphatic rings. The number of nitrogens with zero attached hydrogens (tertiary/aromatic N) is 1. The summed E-state index contributed by atoms with van der Waals surface area (Å²) in [4.78, 5) is 26.1. The average Bonchev–Trinajstić information content (AvgIpc) is 3.21. The highest BCUT2D eigenvalue weighted by atomic mass is 16.5. The van der Waals surface area contributed by atoms with E-state index in [-0.39, 0.29) is 17.9 Å². The maximum Gasteiger partial charge on any atom is 0.309 e. The summed E-state index contributed by atoms with van der Waals surface area (Å²) in [5, 5.41) is 9.36. The van der Waals surface area contributed by atoms with Crippen molar-refractivity contribution in [1.29, 1.82) is 0 Å². The van der Waals surface area contributed by atoms with Crippen LogP contribution in [0.1, 0.15) is 36.0 Å². The van der Waals surface area contributed by atoms with Gasteiger partial charge >= 0.3 is 5.97 Å². The smallest absolute Gasteiger partial charge is 0.309 e. The van der Waals surface area contributed by atoms with Crippen molar-refractivity contribution < 1.29 is 28.9 Å². The summed E-state index contributed by atoms with van der Waals surface area (Å²) in [6, 6.07) is 7.26. The number of carbonyl (C=O) groups excluding carboxylic acids is 1. The van der Waals surface area contributed by atoms with Crippen molar-refractivity contribution >= 4 is 11.9 Å². The van der Waals surface area contributed by atoms with Gasteiger partial charge in [-0.25, -0.2) is 0 Å². The first kappa shape index (κ1) is 20.6. The van der Waals surface area contributed by atoms with Crippen LogP contribution in [0.5, 0.6) is 5.75 Å². The first-order valence-corrected chi connectivity index (χ1v) is 9.95. The molecule has 0 aliphatic carbocycles. The van der Waals surface area contributed by atoms with Crippen molar-refractivity contribution in [3.05, 3.63) is 29.8 Å². The molecule has 154 valence electrons. The zero-order chi connectivity index (χ0) is 19.9. The van der Waals surface area contributed by atoms with E-state index in [4.69, 9.17) is 14.2 Å². The Bertz CT molecular complexity index is 671. The van der Waals surface area contributed by atoms with E-state index >= 15 is 0 Å². The predicted octanol–water partition coefficient (Wildman–Crippen LogP) is 2.44. The van der Waals surface area contributed by atoms with Crippen LogP contribution in [-0.4, -0.2) is 68.0 Å². The lowest BCUT2D eigenvalue weighted by atomic mass is 9.84. The fourth-order valence-electron chi connectivity index (χ4n) is 4.07. The molecule has 1 N–H and O–H groups in total. The molecule has 2 heterocycles. The number of piperidine rings is 1. The predicted molar refractivity (Wildman–Crippen MR) is 103 cm³/mol. The molecule has 2 atom stereocenters. The average molecular weight is 391 g/mol. The number of hydrogen-bond donors (Lipinski definition) is 1. The van der Waals surface area contributed by atoms with Crippen LogP contribution in [0.4, 0.5) is 0 Å². The van der Waals surface area contributed by atoms with Crippen molar-refractivity contribution in [3.63, 3.8) is 0 Å². The highest BCUT2D eigenvalue weighted by molar-refractivity contribution is 5.94. The molecule has 0 spiro atoms. The Labute approximate surface area is 165 Å². The number of benzene rings is 1. The topological polar surface area (TPSA) is 85.3 Å². The fraction of sp³-hybridized carbons (Fsp3) is 0.619. The number of hydrogen-bond acceptors (Lipinski definition) is 5. The van der Waals surface area contributed by atoms with Crippen molar-refractivity contribution in [2.45, 2.75) is 31.8 Å². The number of carbonyl (C=O) groups is 2. The summed E-state index contributed by atoms with van der Waals surface area (Å²) in [6.45, 7) is 2.94. The van der Waals surface area contributed by atoms with Gasteiger partial charge in [-0.3, -0.25) is 9.59 Å². The Morgan fingerprint density at radius 1 is 1.21 bits per heavy atom. The molecule has 3 rings (SSSR count). The van der Waals surface area contributed by atoms with Gasteiger partial charge in [0, 0.05) is 45.4 Å². The lowest BCUT2D eigenvalue weighted by Crippen LogP contribution is -2.43. The Balaban J connectivity index is 1.53. The molecule has 1 amide bonds. The third kappa shape index (κ3) is 5.02. The Morgan fingerprint density at radius 2 is 2.00 bits per heavy atom. The zero-order valence-electron chi connectivity index (χ0n) is 16.3. The number of aliphatic carboxylic acids is 1. The highest BCUT2D eigenvalue weighted by Crippen LogP contribution is 2.33. The van der Waals surface area contributed by atoms with E-state index in [1.165, 1.54) is 0 Å². The van der Waals surface area contributed by atoms with E-state index in [0.29, 0.717) is 50.6 Å². The van der Waals surface area contributed by atoms with Crippen LogP contribution in [0.3, 0.4) is 0 Å². The Hall–Kier alpha value is -2.12. The van der Waals surface area contributed by atoms with Crippen LogP contribution in [0, 0.1) is 11.8 Å². The molecule has 0 saturated carbocycles. The first-order chi connectivity index (χ1) is 13.6. The van der Waals surface area contributed by atoms with E-state index in [9.17, 15) is 14.7 Å². The van der Waals surface area contributed by atoms with Gasteiger partial charge in [-0.05, 0) is 43.4 Å². The summed E-state index contributed by atoms with van der Waals surface area (Å²) < 4.78 is 16.4. The number of likely N-dealkylation sites (tertiary alicyclic amines) is 1. The van der Waals surface area contributed by atoms with Crippen LogP contribution in [0.25, 0.3) is 0 Å². The lowest BCUT2D eigenvalue weighted by Gasteiger charge is -2.35. The number of carboxylic acid groups (broad SMARTS) is 1. The molecule has 7 nitrogen and oxygen atoms in total. The molecule has 1 aromatic carbocycles. The van der Waals surface area contributed by atoms with Gasteiger partial charge in [0.05, 0.1) is 18.6 Å². The SMILES string of the molecule is COCCCOc1cccc(C(=O)N2CCC([C@@H]3OCCC3C(=O)O)CC2)c1. The van der Waals surface area contributed by atoms with Crippen molar-refractivity contribution in [1.82, 2.24) is 4.90 Å². The number of ether oxygens (including phenoxy) is 3. The first-order valence-electron chi connectivity index (χ1n) is 9.95. The summed E-state index contributed by atoms with van der Waals surface area (Å²) >= 11 is 0. The Kier molecular flexibility index (Phi) is 7.28. The number of methoxy groups -OCH3 is 1. The fourth-order valence-corrected chi connectivity index (χ4v) is 4.07. The highest BCUT2D eigenvalue weighted by Gasteiger charge is 2.40. The third-order valence-electron chi connectivity index (χ3n) is 5.59. The molecule has 0 aromatic heterocycles. The molecular weight excluding hydrogens is 362 g/mol. The van der Waals surface area contributed by atoms with Crippen molar-refractivity contribution in [2.75, 3.05) is 40.0 Å². The van der Waals surface area contributed by atoms with Crippen LogP contribution in [0.2, 0.25) is 0 Å². The van der Waals surface area contributed by atoms with Gasteiger partial charge in [-0.15, -0.1) is 0 Å². The molecule has 2 fully saturated rings. The van der Waals surface area contributed by atoms with Gasteiger partial charge in [0.2, 0.25) is 0 Å². The van der Waals surface area contributed by atoms with Crippen LogP contribution in [0.15, 0.2) is 24.3 Å². The maximum atomic E-state index is 12.9. The number of rotatable bonds is 8.